The van der Waals surface area contributed by atoms with Crippen molar-refractivity contribution in [1.29, 1.82) is 0 Å². The standard InChI is InChI=1S/C9H9Cl2N3O3/c1-13(2)12-9(15)6-3-5(14(16)17)4-7(10)8(6)11/h3-4H,1-2H3,(H,12,15). The van der Waals surface area contributed by atoms with Gasteiger partial charge in [0.2, 0.25) is 0 Å². The molecule has 0 radical (unpaired) electrons. The van der Waals surface area contributed by atoms with Crippen molar-refractivity contribution < 1.29 is 9.72 Å². The van der Waals surface area contributed by atoms with Crippen LogP contribution in [0.15, 0.2) is 12.1 Å². The van der Waals surface area contributed by atoms with Gasteiger partial charge in [-0.3, -0.25) is 20.3 Å². The fraction of sp³-hybridized carbons (Fsp3) is 0.222. The van der Waals surface area contributed by atoms with E-state index in [1.807, 2.05) is 0 Å². The van der Waals surface area contributed by atoms with E-state index in [2.05, 4.69) is 5.43 Å². The Bertz CT molecular complexity index is 477. The zero-order valence-corrected chi connectivity index (χ0v) is 10.5. The maximum Gasteiger partial charge on any atom is 0.271 e. The molecule has 17 heavy (non-hydrogen) atoms. The number of benzene rings is 1. The summed E-state index contributed by atoms with van der Waals surface area (Å²) in [4.78, 5) is 21.7. The lowest BCUT2D eigenvalue weighted by atomic mass is 10.2. The van der Waals surface area contributed by atoms with Crippen LogP contribution in [0.3, 0.4) is 0 Å². The number of nitrogens with zero attached hydrogens (tertiary/aromatic N) is 2. The summed E-state index contributed by atoms with van der Waals surface area (Å²) in [6, 6.07) is 2.17. The highest BCUT2D eigenvalue weighted by molar-refractivity contribution is 6.44. The maximum absolute atomic E-state index is 11.7. The molecular formula is C9H9Cl2N3O3. The summed E-state index contributed by atoms with van der Waals surface area (Å²) in [6.07, 6.45) is 0. The van der Waals surface area contributed by atoms with Gasteiger partial charge in [0.1, 0.15) is 0 Å². The number of hydrazine groups is 1. The van der Waals surface area contributed by atoms with Crippen LogP contribution in [0.5, 0.6) is 0 Å². The number of rotatable bonds is 3. The molecule has 0 saturated carbocycles. The zero-order valence-electron chi connectivity index (χ0n) is 9.03. The molecule has 0 aromatic heterocycles. The highest BCUT2D eigenvalue weighted by Crippen LogP contribution is 2.30. The van der Waals surface area contributed by atoms with Crippen molar-refractivity contribution >= 4 is 34.8 Å². The normalized spacial score (nSPS) is 10.4. The summed E-state index contributed by atoms with van der Waals surface area (Å²) in [5, 5.41) is 12.0. The number of nitro benzene ring substituents is 1. The second kappa shape index (κ2) is 5.31. The topological polar surface area (TPSA) is 75.5 Å². The quantitative estimate of drug-likeness (QED) is 0.678. The molecule has 0 aliphatic heterocycles. The molecule has 0 fully saturated rings. The highest BCUT2D eigenvalue weighted by atomic mass is 35.5. The number of nitrogens with one attached hydrogen (secondary N) is 1. The summed E-state index contributed by atoms with van der Waals surface area (Å²) in [5.74, 6) is -0.564. The second-order valence-corrected chi connectivity index (χ2v) is 4.17. The van der Waals surface area contributed by atoms with Crippen molar-refractivity contribution in [3.05, 3.63) is 37.9 Å². The third kappa shape index (κ3) is 3.29. The SMILES string of the molecule is CN(C)NC(=O)c1cc([N+](=O)[O-])cc(Cl)c1Cl. The molecule has 1 amide bonds. The fourth-order valence-corrected chi connectivity index (χ4v) is 1.52. The molecule has 0 aliphatic carbocycles. The van der Waals surface area contributed by atoms with Crippen molar-refractivity contribution in [3.63, 3.8) is 0 Å². The minimum absolute atomic E-state index is 0.0170. The first-order chi connectivity index (χ1) is 7.82. The summed E-state index contributed by atoms with van der Waals surface area (Å²) in [7, 11) is 3.20. The predicted octanol–water partition coefficient (Wildman–Crippen LogP) is 2.11. The van der Waals surface area contributed by atoms with E-state index in [0.29, 0.717) is 0 Å². The summed E-state index contributed by atoms with van der Waals surface area (Å²) in [5.41, 5.74) is 2.09. The van der Waals surface area contributed by atoms with Crippen molar-refractivity contribution in [2.75, 3.05) is 14.1 Å². The van der Waals surface area contributed by atoms with Crippen LogP contribution in [0.1, 0.15) is 10.4 Å². The number of amides is 1. The van der Waals surface area contributed by atoms with Crippen LogP contribution < -0.4 is 5.43 Å². The van der Waals surface area contributed by atoms with E-state index in [4.69, 9.17) is 23.2 Å². The Labute approximate surface area is 107 Å². The van der Waals surface area contributed by atoms with Crippen molar-refractivity contribution in [1.82, 2.24) is 10.4 Å². The van der Waals surface area contributed by atoms with E-state index >= 15 is 0 Å². The van der Waals surface area contributed by atoms with Crippen molar-refractivity contribution in [2.45, 2.75) is 0 Å². The monoisotopic (exact) mass is 277 g/mol. The van der Waals surface area contributed by atoms with Gasteiger partial charge in [-0.25, -0.2) is 5.01 Å². The van der Waals surface area contributed by atoms with Gasteiger partial charge in [0, 0.05) is 26.2 Å². The lowest BCUT2D eigenvalue weighted by molar-refractivity contribution is -0.384. The number of halogens is 2. The molecular weight excluding hydrogens is 269 g/mol. The van der Waals surface area contributed by atoms with Gasteiger partial charge in [0.15, 0.2) is 0 Å². The zero-order chi connectivity index (χ0) is 13.2. The van der Waals surface area contributed by atoms with Gasteiger partial charge in [-0.1, -0.05) is 23.2 Å². The molecule has 1 N–H and O–H groups in total. The van der Waals surface area contributed by atoms with Gasteiger partial charge < -0.3 is 0 Å². The molecule has 0 saturated heterocycles. The molecule has 0 spiro atoms. The Morgan fingerprint density at radius 1 is 1.41 bits per heavy atom. The lowest BCUT2D eigenvalue weighted by Crippen LogP contribution is -2.36. The first-order valence-electron chi connectivity index (χ1n) is 4.44. The number of hydrogen-bond acceptors (Lipinski definition) is 4. The van der Waals surface area contributed by atoms with E-state index in [9.17, 15) is 14.9 Å². The van der Waals surface area contributed by atoms with Crippen molar-refractivity contribution in [2.24, 2.45) is 0 Å². The van der Waals surface area contributed by atoms with Crippen LogP contribution in [0.4, 0.5) is 5.69 Å². The van der Waals surface area contributed by atoms with Gasteiger partial charge in [0.25, 0.3) is 11.6 Å². The van der Waals surface area contributed by atoms with Gasteiger partial charge in [0.05, 0.1) is 20.5 Å². The Balaban J connectivity index is 3.22. The Kier molecular flexibility index (Phi) is 4.28. The van der Waals surface area contributed by atoms with Crippen LogP contribution in [0.2, 0.25) is 10.0 Å². The van der Waals surface area contributed by atoms with Crippen LogP contribution in [0.25, 0.3) is 0 Å². The summed E-state index contributed by atoms with van der Waals surface area (Å²) < 4.78 is 0. The van der Waals surface area contributed by atoms with Gasteiger partial charge in [-0.2, -0.15) is 0 Å². The number of hydrogen-bond donors (Lipinski definition) is 1. The molecule has 1 aromatic rings. The third-order valence-electron chi connectivity index (χ3n) is 1.79. The minimum atomic E-state index is -0.644. The Hall–Kier alpha value is -1.37. The van der Waals surface area contributed by atoms with E-state index in [1.165, 1.54) is 5.01 Å². The smallest absolute Gasteiger partial charge is 0.271 e. The van der Waals surface area contributed by atoms with Crippen LogP contribution in [-0.4, -0.2) is 29.9 Å². The predicted molar refractivity (Wildman–Crippen MR) is 64.3 cm³/mol. The Morgan fingerprint density at radius 3 is 2.47 bits per heavy atom. The first kappa shape index (κ1) is 13.7. The van der Waals surface area contributed by atoms with Gasteiger partial charge >= 0.3 is 0 Å². The molecule has 0 atom stereocenters. The van der Waals surface area contributed by atoms with Crippen molar-refractivity contribution in [3.8, 4) is 0 Å². The lowest BCUT2D eigenvalue weighted by Gasteiger charge is -2.12. The molecule has 92 valence electrons. The van der Waals surface area contributed by atoms with E-state index in [-0.39, 0.29) is 21.3 Å². The average Bonchev–Trinajstić information content (AvgIpc) is 2.20. The largest absolute Gasteiger partial charge is 0.285 e. The van der Waals surface area contributed by atoms with E-state index < -0.39 is 10.8 Å². The average molecular weight is 278 g/mol. The fourth-order valence-electron chi connectivity index (χ4n) is 1.11. The van der Waals surface area contributed by atoms with Crippen LogP contribution in [0, 0.1) is 10.1 Å². The molecule has 0 aliphatic rings. The van der Waals surface area contributed by atoms with Gasteiger partial charge in [-0.15, -0.1) is 0 Å². The summed E-state index contributed by atoms with van der Waals surface area (Å²) in [6.45, 7) is 0. The highest BCUT2D eigenvalue weighted by Gasteiger charge is 2.19. The number of nitro groups is 1. The van der Waals surface area contributed by atoms with Gasteiger partial charge in [-0.05, 0) is 0 Å². The number of non-ortho nitro benzene ring substituents is 1. The van der Waals surface area contributed by atoms with Crippen LogP contribution in [-0.2, 0) is 0 Å². The molecule has 1 aromatic carbocycles. The second-order valence-electron chi connectivity index (χ2n) is 3.38. The number of carbonyl (C=O) groups excluding carboxylic acids is 1. The van der Waals surface area contributed by atoms with E-state index in [1.54, 1.807) is 14.1 Å². The molecule has 6 nitrogen and oxygen atoms in total. The first-order valence-corrected chi connectivity index (χ1v) is 5.20. The third-order valence-corrected chi connectivity index (χ3v) is 2.60. The molecule has 8 heteroatoms. The molecule has 0 heterocycles. The van der Waals surface area contributed by atoms with Crippen LogP contribution >= 0.6 is 23.2 Å². The summed E-state index contributed by atoms with van der Waals surface area (Å²) >= 11 is 11.5. The molecule has 0 unspecified atom stereocenters. The molecule has 1 rings (SSSR count). The Morgan fingerprint density at radius 2 is 2.00 bits per heavy atom. The minimum Gasteiger partial charge on any atom is -0.285 e. The maximum atomic E-state index is 11.7. The molecule has 0 bridgehead atoms. The van der Waals surface area contributed by atoms with E-state index in [0.717, 1.165) is 12.1 Å². The number of carbonyl (C=O) groups is 1.